The van der Waals surface area contributed by atoms with Gasteiger partial charge in [-0.3, -0.25) is 14.4 Å². The minimum Gasteiger partial charge on any atom is -0.432 e. The molecule has 0 aliphatic carbocycles. The zero-order chi connectivity index (χ0) is 33.3. The van der Waals surface area contributed by atoms with Gasteiger partial charge in [0.1, 0.15) is 0 Å². The van der Waals surface area contributed by atoms with E-state index in [-0.39, 0.29) is 37.3 Å². The Balaban J connectivity index is 1.28. The van der Waals surface area contributed by atoms with Crippen molar-refractivity contribution in [1.29, 1.82) is 0 Å². The number of benzene rings is 3. The van der Waals surface area contributed by atoms with Crippen LogP contribution in [0.1, 0.15) is 30.0 Å². The molecule has 0 bridgehead atoms. The Morgan fingerprint density at radius 2 is 1.72 bits per heavy atom. The van der Waals surface area contributed by atoms with E-state index in [9.17, 15) is 24.3 Å². The van der Waals surface area contributed by atoms with Gasteiger partial charge in [-0.25, -0.2) is 0 Å². The fraction of sp³-hybridized carbons (Fsp3) is 0.417. The number of nitrogens with zero attached hydrogens (tertiary/aromatic N) is 3. The third-order valence-corrected chi connectivity index (χ3v) is 12.4. The smallest absolute Gasteiger partial charge is 0.264 e. The molecule has 0 radical (unpaired) electrons. The minimum absolute atomic E-state index is 0.0117. The van der Waals surface area contributed by atoms with Crippen LogP contribution < -0.4 is 15.1 Å². The average Bonchev–Trinajstić information content (AvgIpc) is 3.48. The molecule has 3 aliphatic rings. The lowest BCUT2D eigenvalue weighted by Gasteiger charge is -2.32. The molecule has 4 atom stereocenters. The van der Waals surface area contributed by atoms with Crippen molar-refractivity contribution in [3.8, 4) is 0 Å². The first-order chi connectivity index (χ1) is 22.5. The molecule has 3 aromatic rings. The van der Waals surface area contributed by atoms with Gasteiger partial charge in [0.2, 0.25) is 11.8 Å². The van der Waals surface area contributed by atoms with E-state index < -0.39 is 31.5 Å². The fourth-order valence-corrected chi connectivity index (χ4v) is 10.3. The summed E-state index contributed by atoms with van der Waals surface area (Å²) in [5, 5.41) is 12.9. The van der Waals surface area contributed by atoms with Gasteiger partial charge in [0.15, 0.2) is 13.9 Å². The van der Waals surface area contributed by atoms with Crippen LogP contribution in [0.5, 0.6) is 0 Å². The average molecular weight is 657 g/mol. The van der Waals surface area contributed by atoms with Gasteiger partial charge in [0, 0.05) is 48.9 Å². The number of carbonyl (C=O) groups excluding carboxylic acids is 3. The highest BCUT2D eigenvalue weighted by atomic mass is 28.4. The zero-order valence-electron chi connectivity index (χ0n) is 27.3. The lowest BCUT2D eigenvalue weighted by Crippen LogP contribution is -2.48. The van der Waals surface area contributed by atoms with E-state index >= 15 is 0 Å². The topological polar surface area (TPSA) is 123 Å². The van der Waals surface area contributed by atoms with Crippen molar-refractivity contribution in [1.82, 2.24) is 10.2 Å². The Morgan fingerprint density at radius 3 is 2.40 bits per heavy atom. The number of aliphatic hydroxyl groups excluding tert-OH is 1. The molecule has 3 N–H and O–H groups in total. The molecule has 3 aromatic carbocycles. The highest BCUT2D eigenvalue weighted by molar-refractivity contribution is 6.71. The third kappa shape index (κ3) is 6.26. The van der Waals surface area contributed by atoms with Gasteiger partial charge in [0.25, 0.3) is 5.91 Å². The Labute approximate surface area is 277 Å². The summed E-state index contributed by atoms with van der Waals surface area (Å²) >= 11 is 0. The number of hydrogen-bond acceptors (Lipinski definition) is 7. The maximum Gasteiger partial charge on any atom is 0.264 e. The van der Waals surface area contributed by atoms with Crippen molar-refractivity contribution < 1.29 is 29.0 Å². The summed E-state index contributed by atoms with van der Waals surface area (Å²) in [5.41, 5.74) is 2.42. The number of ether oxygens (including phenoxy) is 1. The number of rotatable bonds is 10. The molecule has 0 saturated carbocycles. The van der Waals surface area contributed by atoms with Crippen molar-refractivity contribution >= 4 is 37.4 Å². The summed E-state index contributed by atoms with van der Waals surface area (Å²) in [6.45, 7) is 7.95. The van der Waals surface area contributed by atoms with Crippen LogP contribution >= 0.6 is 0 Å². The van der Waals surface area contributed by atoms with E-state index in [0.29, 0.717) is 26.2 Å². The van der Waals surface area contributed by atoms with Crippen molar-refractivity contribution in [3.05, 3.63) is 95.6 Å². The molecule has 6 rings (SSSR count). The lowest BCUT2D eigenvalue weighted by molar-refractivity contribution is -0.150. The predicted octanol–water partition coefficient (Wildman–Crippen LogP) is 3.38. The van der Waals surface area contributed by atoms with Gasteiger partial charge in [-0.2, -0.15) is 0 Å². The first-order valence-electron chi connectivity index (χ1n) is 16.4. The molecule has 0 unspecified atom stereocenters. The molecule has 10 nitrogen and oxygen atoms in total. The molecule has 11 heteroatoms. The van der Waals surface area contributed by atoms with Crippen molar-refractivity contribution in [3.63, 3.8) is 0 Å². The van der Waals surface area contributed by atoms with Crippen LogP contribution in [0, 0.1) is 5.92 Å². The Kier molecular flexibility index (Phi) is 9.37. The highest BCUT2D eigenvalue weighted by Gasteiger charge is 2.66. The molecule has 3 amide bonds. The molecule has 2 fully saturated rings. The molecular formula is C36H44N4O6Si. The van der Waals surface area contributed by atoms with Crippen LogP contribution in [-0.2, 0) is 37.8 Å². The number of piperazine rings is 1. The lowest BCUT2D eigenvalue weighted by atomic mass is 9.82. The highest BCUT2D eigenvalue weighted by Crippen LogP contribution is 2.59. The molecule has 3 aliphatic heterocycles. The standard InChI is InChI=1S/C36H44N4O6Si/c1-25-34(47(2,3)45)31(21-32(42)38(19-20-41)23-26-9-5-4-6-10-26)46-36(25)29-11-7-8-12-30(29)40(35(36)44)24-27-13-15-28(16-14-27)39-18-17-37-22-33(39)43/h4-16,25,31,34,37,41,45H,17-24H2,1-3H3/t25-,31+,34-,36+/m1/s1. The molecular weight excluding hydrogens is 613 g/mol. The maximum atomic E-state index is 14.7. The summed E-state index contributed by atoms with van der Waals surface area (Å²) in [6, 6.07) is 25.0. The number of amides is 3. The first kappa shape index (κ1) is 33.0. The number of nitrogens with one attached hydrogen (secondary N) is 1. The Morgan fingerprint density at radius 1 is 1.02 bits per heavy atom. The number of aliphatic hydroxyl groups is 1. The SMILES string of the molecule is C[C@@H]1[C@@H]([Si](C)(C)O)[C@H](CC(=O)N(CCO)Cc2ccccc2)O[C@@]12C(=O)N(Cc1ccc(N3CCNCC3=O)cc1)c1ccccc12. The number of hydrogen-bond donors (Lipinski definition) is 3. The second-order valence-corrected chi connectivity index (χ2v) is 17.4. The van der Waals surface area contributed by atoms with Crippen LogP contribution in [0.4, 0.5) is 11.4 Å². The summed E-state index contributed by atoms with van der Waals surface area (Å²) in [7, 11) is -2.97. The van der Waals surface area contributed by atoms with Gasteiger partial charge in [0.05, 0.1) is 37.9 Å². The maximum absolute atomic E-state index is 14.7. The second kappa shape index (κ2) is 13.3. The van der Waals surface area contributed by atoms with Crippen LogP contribution in [-0.4, -0.2) is 79.7 Å². The minimum atomic E-state index is -2.97. The summed E-state index contributed by atoms with van der Waals surface area (Å²) in [5.74, 6) is -0.770. The van der Waals surface area contributed by atoms with Crippen molar-refractivity contribution in [2.45, 2.75) is 56.8 Å². The van der Waals surface area contributed by atoms with Gasteiger partial charge in [-0.1, -0.05) is 67.6 Å². The van der Waals surface area contributed by atoms with E-state index in [0.717, 1.165) is 34.6 Å². The van der Waals surface area contributed by atoms with E-state index in [1.807, 2.05) is 98.9 Å². The van der Waals surface area contributed by atoms with Crippen LogP contribution in [0.15, 0.2) is 78.9 Å². The van der Waals surface area contributed by atoms with Gasteiger partial charge >= 0.3 is 0 Å². The Bertz CT molecular complexity index is 1610. The molecule has 248 valence electrons. The number of para-hydroxylation sites is 1. The summed E-state index contributed by atoms with van der Waals surface area (Å²) < 4.78 is 6.85. The summed E-state index contributed by atoms with van der Waals surface area (Å²) in [6.07, 6.45) is -0.698. The van der Waals surface area contributed by atoms with Gasteiger partial charge in [-0.05, 0) is 42.4 Å². The van der Waals surface area contributed by atoms with Gasteiger partial charge < -0.3 is 34.7 Å². The van der Waals surface area contributed by atoms with Crippen LogP contribution in [0.2, 0.25) is 18.6 Å². The number of anilines is 2. The largest absolute Gasteiger partial charge is 0.432 e. The van der Waals surface area contributed by atoms with E-state index in [1.165, 1.54) is 0 Å². The second-order valence-electron chi connectivity index (χ2n) is 13.4. The zero-order valence-corrected chi connectivity index (χ0v) is 28.3. The monoisotopic (exact) mass is 656 g/mol. The third-order valence-electron chi connectivity index (χ3n) is 9.88. The number of fused-ring (bicyclic) bond motifs is 2. The number of carbonyl (C=O) groups is 3. The fourth-order valence-electron chi connectivity index (χ4n) is 7.75. The van der Waals surface area contributed by atoms with E-state index in [4.69, 9.17) is 4.74 Å². The molecule has 47 heavy (non-hydrogen) atoms. The van der Waals surface area contributed by atoms with Crippen LogP contribution in [0.3, 0.4) is 0 Å². The summed E-state index contributed by atoms with van der Waals surface area (Å²) in [4.78, 5) is 57.7. The molecule has 1 spiro atoms. The van der Waals surface area contributed by atoms with Crippen molar-refractivity contribution in [2.24, 2.45) is 5.92 Å². The predicted molar refractivity (Wildman–Crippen MR) is 182 cm³/mol. The first-order valence-corrected chi connectivity index (χ1v) is 19.4. The molecule has 3 heterocycles. The quantitative estimate of drug-likeness (QED) is 0.286. The van der Waals surface area contributed by atoms with Crippen molar-refractivity contribution in [2.75, 3.05) is 42.6 Å². The normalized spacial score (nSPS) is 24.2. The van der Waals surface area contributed by atoms with Gasteiger partial charge in [-0.15, -0.1) is 0 Å². The molecule has 0 aromatic heterocycles. The van der Waals surface area contributed by atoms with E-state index in [1.54, 1.807) is 14.7 Å². The molecule has 2 saturated heterocycles. The Hall–Kier alpha value is -3.87. The van der Waals surface area contributed by atoms with Crippen LogP contribution in [0.25, 0.3) is 0 Å². The van der Waals surface area contributed by atoms with E-state index in [2.05, 4.69) is 5.32 Å².